The fraction of sp³-hybridized carbons (Fsp3) is 0.308. The third kappa shape index (κ3) is 6.64. The molecule has 0 radical (unpaired) electrons. The van der Waals surface area contributed by atoms with Gasteiger partial charge in [-0.25, -0.2) is 4.99 Å². The topological polar surface area (TPSA) is 170 Å². The number of aromatic hydroxyl groups is 1. The van der Waals surface area contributed by atoms with E-state index in [0.717, 1.165) is 11.8 Å². The van der Waals surface area contributed by atoms with Gasteiger partial charge in [-0.2, -0.15) is 0 Å². The molecule has 0 unspecified atom stereocenters. The molecule has 0 spiro atoms. The van der Waals surface area contributed by atoms with Crippen LogP contribution in [-0.2, 0) is 14.4 Å². The van der Waals surface area contributed by atoms with E-state index < -0.39 is 29.8 Å². The molecular weight excluding hydrogens is 510 g/mol. The number of phenols is 1. The van der Waals surface area contributed by atoms with Crippen LogP contribution >= 0.6 is 11.8 Å². The van der Waals surface area contributed by atoms with Gasteiger partial charge < -0.3 is 31.4 Å². The number of nitrogens with one attached hydrogen (secondary N) is 1. The van der Waals surface area contributed by atoms with Gasteiger partial charge in [0.15, 0.2) is 16.7 Å². The Morgan fingerprint density at radius 1 is 1.18 bits per heavy atom. The van der Waals surface area contributed by atoms with Crippen LogP contribution in [0.15, 0.2) is 52.4 Å². The second kappa shape index (κ2) is 13.0. The van der Waals surface area contributed by atoms with E-state index in [1.165, 1.54) is 19.1 Å². The predicted molar refractivity (Wildman–Crippen MR) is 146 cm³/mol. The lowest BCUT2D eigenvalue weighted by Crippen LogP contribution is -2.53. The second-order valence-electron chi connectivity index (χ2n) is 8.36. The average molecular weight is 542 g/mol. The van der Waals surface area contributed by atoms with Crippen LogP contribution in [0.5, 0.6) is 17.2 Å². The minimum absolute atomic E-state index is 0.167. The van der Waals surface area contributed by atoms with Crippen molar-refractivity contribution in [1.82, 2.24) is 10.2 Å². The van der Waals surface area contributed by atoms with Gasteiger partial charge in [0.05, 0.1) is 24.8 Å². The summed E-state index contributed by atoms with van der Waals surface area (Å²) in [5.74, 6) is -1.53. The predicted octanol–water partition coefficient (Wildman–Crippen LogP) is 2.11. The number of nitrogens with zero attached hydrogens (tertiary/aromatic N) is 2. The average Bonchev–Trinajstić information content (AvgIpc) is 3.20. The fourth-order valence-electron chi connectivity index (χ4n) is 3.68. The Labute approximate surface area is 224 Å². The maximum absolute atomic E-state index is 13.6. The van der Waals surface area contributed by atoms with Crippen LogP contribution in [0.25, 0.3) is 6.08 Å². The van der Waals surface area contributed by atoms with E-state index in [2.05, 4.69) is 10.3 Å². The molecule has 1 saturated heterocycles. The molecule has 3 amide bonds. The number of amidine groups is 1. The van der Waals surface area contributed by atoms with Gasteiger partial charge in [-0.3, -0.25) is 19.3 Å². The van der Waals surface area contributed by atoms with E-state index >= 15 is 0 Å². The van der Waals surface area contributed by atoms with Crippen molar-refractivity contribution in [3.63, 3.8) is 0 Å². The molecule has 1 fully saturated rings. The molecule has 38 heavy (non-hydrogen) atoms. The Hall–Kier alpha value is -4.03. The highest BCUT2D eigenvalue weighted by molar-refractivity contribution is 8.18. The zero-order valence-corrected chi connectivity index (χ0v) is 22.2. The normalized spacial score (nSPS) is 16.9. The highest BCUT2D eigenvalue weighted by Gasteiger charge is 2.40. The summed E-state index contributed by atoms with van der Waals surface area (Å²) in [6.45, 7) is 1.89. The monoisotopic (exact) mass is 541 g/mol. The van der Waals surface area contributed by atoms with E-state index in [-0.39, 0.29) is 33.7 Å². The molecule has 202 valence electrons. The van der Waals surface area contributed by atoms with Gasteiger partial charge in [0.1, 0.15) is 12.1 Å². The van der Waals surface area contributed by atoms with Crippen LogP contribution < -0.4 is 26.3 Å². The molecule has 2 atom stereocenters. The Morgan fingerprint density at radius 2 is 1.82 bits per heavy atom. The van der Waals surface area contributed by atoms with E-state index in [0.29, 0.717) is 24.2 Å². The number of ether oxygens (including phenoxy) is 2. The lowest BCUT2D eigenvalue weighted by molar-refractivity contribution is -0.134. The van der Waals surface area contributed by atoms with Gasteiger partial charge in [0, 0.05) is 0 Å². The minimum atomic E-state index is -1.01. The Balaban J connectivity index is 1.99. The lowest BCUT2D eigenvalue weighted by Gasteiger charge is -2.25. The fourth-order valence-corrected chi connectivity index (χ4v) is 4.75. The van der Waals surface area contributed by atoms with Gasteiger partial charge in [0.2, 0.25) is 17.6 Å². The summed E-state index contributed by atoms with van der Waals surface area (Å²) < 4.78 is 10.4. The number of methoxy groups -OCH3 is 2. The van der Waals surface area contributed by atoms with Crippen LogP contribution in [-0.4, -0.2) is 65.7 Å². The molecule has 1 aliphatic rings. The molecule has 1 heterocycles. The summed E-state index contributed by atoms with van der Waals surface area (Å²) in [6, 6.07) is 10.2. The third-order valence-electron chi connectivity index (χ3n) is 5.74. The van der Waals surface area contributed by atoms with Crippen molar-refractivity contribution < 1.29 is 29.0 Å². The van der Waals surface area contributed by atoms with Crippen molar-refractivity contribution in [2.45, 2.75) is 31.8 Å². The number of para-hydroxylation sites is 1. The number of thioether (sulfide) groups is 1. The molecule has 12 heteroatoms. The molecule has 1 aliphatic heterocycles. The van der Waals surface area contributed by atoms with Crippen LogP contribution in [0.3, 0.4) is 0 Å². The van der Waals surface area contributed by atoms with Crippen molar-refractivity contribution in [2.75, 3.05) is 20.8 Å². The van der Waals surface area contributed by atoms with Gasteiger partial charge in [-0.05, 0) is 74.0 Å². The van der Waals surface area contributed by atoms with Gasteiger partial charge in [0.25, 0.3) is 5.91 Å². The Morgan fingerprint density at radius 3 is 2.37 bits per heavy atom. The second-order valence-corrected chi connectivity index (χ2v) is 9.37. The van der Waals surface area contributed by atoms with Crippen molar-refractivity contribution in [3.05, 3.63) is 52.9 Å². The maximum Gasteiger partial charge on any atom is 0.267 e. The summed E-state index contributed by atoms with van der Waals surface area (Å²) >= 11 is 1.09. The Bertz CT molecular complexity index is 1220. The van der Waals surface area contributed by atoms with Crippen molar-refractivity contribution in [1.29, 1.82) is 0 Å². The number of aliphatic imine (C=N–C) groups is 1. The van der Waals surface area contributed by atoms with Crippen molar-refractivity contribution in [3.8, 4) is 17.2 Å². The van der Waals surface area contributed by atoms with E-state index in [9.17, 15) is 19.5 Å². The zero-order valence-electron chi connectivity index (χ0n) is 21.3. The summed E-state index contributed by atoms with van der Waals surface area (Å²) in [4.78, 5) is 44.7. The first kappa shape index (κ1) is 28.5. The highest BCUT2D eigenvalue weighted by atomic mass is 32.2. The third-order valence-corrected chi connectivity index (χ3v) is 6.72. The van der Waals surface area contributed by atoms with Crippen molar-refractivity contribution in [2.24, 2.45) is 16.5 Å². The van der Waals surface area contributed by atoms with Crippen molar-refractivity contribution >= 4 is 46.4 Å². The summed E-state index contributed by atoms with van der Waals surface area (Å²) in [5.41, 5.74) is 12.1. The SMILES string of the molecule is COc1cc(/C=C2\S/C(=N\c3ccccc3)N([C@H](C)C(=O)N[C@@H](CCCN)C(N)=O)C2=O)cc(OC)c1O. The molecule has 0 aromatic heterocycles. The van der Waals surface area contributed by atoms with Crippen LogP contribution in [0, 0.1) is 0 Å². The molecule has 2 aromatic rings. The number of hydrogen-bond acceptors (Lipinski definition) is 9. The van der Waals surface area contributed by atoms with Crippen LogP contribution in [0.4, 0.5) is 5.69 Å². The van der Waals surface area contributed by atoms with E-state index in [1.807, 2.05) is 18.2 Å². The van der Waals surface area contributed by atoms with Crippen LogP contribution in [0.1, 0.15) is 25.3 Å². The molecule has 0 aliphatic carbocycles. The number of amides is 3. The molecule has 3 rings (SSSR count). The van der Waals surface area contributed by atoms with Gasteiger partial charge >= 0.3 is 0 Å². The smallest absolute Gasteiger partial charge is 0.267 e. The van der Waals surface area contributed by atoms with Crippen LogP contribution in [0.2, 0.25) is 0 Å². The number of phenolic OH excluding ortho intramolecular Hbond substituents is 1. The number of rotatable bonds is 11. The van der Waals surface area contributed by atoms with Gasteiger partial charge in [-0.15, -0.1) is 0 Å². The maximum atomic E-state index is 13.6. The first-order valence-corrected chi connectivity index (χ1v) is 12.6. The number of carbonyl (C=O) groups is 3. The first-order valence-electron chi connectivity index (χ1n) is 11.8. The number of nitrogens with two attached hydrogens (primary N) is 2. The molecule has 2 aromatic carbocycles. The largest absolute Gasteiger partial charge is 0.502 e. The number of carbonyl (C=O) groups excluding carboxylic acids is 3. The summed E-state index contributed by atoms with van der Waals surface area (Å²) in [5, 5.41) is 13.1. The quantitative estimate of drug-likeness (QED) is 0.314. The first-order chi connectivity index (χ1) is 18.2. The number of benzene rings is 2. The molecule has 0 bridgehead atoms. The molecule has 11 nitrogen and oxygen atoms in total. The summed E-state index contributed by atoms with van der Waals surface area (Å²) in [6.07, 6.45) is 2.37. The Kier molecular flexibility index (Phi) is 9.74. The highest BCUT2D eigenvalue weighted by Crippen LogP contribution is 2.40. The van der Waals surface area contributed by atoms with E-state index in [1.54, 1.807) is 37.3 Å². The van der Waals surface area contributed by atoms with E-state index in [4.69, 9.17) is 20.9 Å². The molecule has 6 N–H and O–H groups in total. The molecular formula is C26H31N5O6S. The lowest BCUT2D eigenvalue weighted by atomic mass is 10.1. The summed E-state index contributed by atoms with van der Waals surface area (Å²) in [7, 11) is 2.81. The minimum Gasteiger partial charge on any atom is -0.502 e. The molecule has 0 saturated carbocycles. The number of hydrogen-bond donors (Lipinski definition) is 4. The van der Waals surface area contributed by atoms with Gasteiger partial charge in [-0.1, -0.05) is 18.2 Å². The number of primary amides is 1. The standard InChI is InChI=1S/C26H31N5O6S/c1-15(24(34)30-18(23(28)33)10-7-11-27)31-25(35)21(38-26(31)29-17-8-5-4-6-9-17)14-16-12-19(36-2)22(32)20(13-16)37-3/h4-6,8-9,12-15,18,32H,7,10-11,27H2,1-3H3,(H2,28,33)(H,30,34)/b21-14-,29-26-/t15-,18+/m1/s1. The zero-order chi connectivity index (χ0) is 27.8.